The number of carbonyl (C=O) groups excluding carboxylic acids is 2. The predicted molar refractivity (Wildman–Crippen MR) is 284 cm³/mol. The highest BCUT2D eigenvalue weighted by Gasteiger charge is 2.35. The van der Waals surface area contributed by atoms with Gasteiger partial charge in [0.15, 0.2) is 11.5 Å². The van der Waals surface area contributed by atoms with E-state index in [0.29, 0.717) is 52.6 Å². The smallest absolute Gasteiger partial charge is 0.252 e. The van der Waals surface area contributed by atoms with Gasteiger partial charge in [0.1, 0.15) is 5.75 Å². The number of aromatic nitrogens is 2. The third-order valence-corrected chi connectivity index (χ3v) is 14.9. The highest BCUT2D eigenvalue weighted by molar-refractivity contribution is 6.10. The molecule has 4 heterocycles. The normalized spacial score (nSPS) is 18.6. The van der Waals surface area contributed by atoms with Crippen LogP contribution in [0.15, 0.2) is 84.2 Å². The fourth-order valence-electron chi connectivity index (χ4n) is 10.3. The number of carbonyl (C=O) groups is 2. The van der Waals surface area contributed by atoms with Crippen LogP contribution in [0.3, 0.4) is 0 Å². The van der Waals surface area contributed by atoms with Gasteiger partial charge in [0.05, 0.1) is 46.2 Å². The molecule has 71 heavy (non-hydrogen) atoms. The summed E-state index contributed by atoms with van der Waals surface area (Å²) in [5.41, 5.74) is 17.2. The molecule has 1 aromatic heterocycles. The largest absolute Gasteiger partial charge is 0.497 e. The maximum atomic E-state index is 14.5. The molecule has 3 aliphatic rings. The molecule has 5 aromatic rings. The Morgan fingerprint density at radius 3 is 2.11 bits per heavy atom. The number of methoxy groups -OCH3 is 3. The number of fused-ring (bicyclic) bond motifs is 2. The van der Waals surface area contributed by atoms with Crippen molar-refractivity contribution in [2.45, 2.75) is 77.7 Å². The number of nitrogens with one attached hydrogen (secondary N) is 2. The van der Waals surface area contributed by atoms with Crippen LogP contribution < -0.4 is 40.4 Å². The van der Waals surface area contributed by atoms with Gasteiger partial charge in [-0.05, 0) is 143 Å². The van der Waals surface area contributed by atoms with E-state index >= 15 is 0 Å². The van der Waals surface area contributed by atoms with Crippen LogP contribution in [0, 0.1) is 13.8 Å². The quantitative estimate of drug-likeness (QED) is 0.0834. The molecule has 0 spiro atoms. The van der Waals surface area contributed by atoms with Crippen LogP contribution in [0.5, 0.6) is 17.2 Å². The number of allylic oxidation sites excluding steroid dienone is 1. The molecule has 15 heteroatoms. The number of hydrogen-bond acceptors (Lipinski definition) is 12. The lowest BCUT2D eigenvalue weighted by Crippen LogP contribution is -2.59. The molecule has 0 saturated carbocycles. The van der Waals surface area contributed by atoms with Crippen molar-refractivity contribution < 1.29 is 23.8 Å². The molecule has 2 bridgehead atoms. The summed E-state index contributed by atoms with van der Waals surface area (Å²) < 4.78 is 19.1. The van der Waals surface area contributed by atoms with Gasteiger partial charge in [-0.15, -0.1) is 0 Å². The molecular formula is C56H72N10O5. The summed E-state index contributed by atoms with van der Waals surface area (Å²) in [5, 5.41) is 10.9. The molecule has 15 nitrogen and oxygen atoms in total. The van der Waals surface area contributed by atoms with Crippen LogP contribution in [0.1, 0.15) is 99.3 Å². The Balaban J connectivity index is 1.01. The predicted octanol–water partition coefficient (Wildman–Crippen LogP) is 7.71. The topological polar surface area (TPSA) is 155 Å². The summed E-state index contributed by atoms with van der Waals surface area (Å²) >= 11 is 0. The molecule has 3 fully saturated rings. The van der Waals surface area contributed by atoms with Crippen molar-refractivity contribution in [3.05, 3.63) is 124 Å². The summed E-state index contributed by atoms with van der Waals surface area (Å²) in [5.74, 6) is 1.47. The first-order valence-corrected chi connectivity index (χ1v) is 24.8. The zero-order valence-corrected chi connectivity index (χ0v) is 43.2. The van der Waals surface area contributed by atoms with Gasteiger partial charge in [0, 0.05) is 116 Å². The van der Waals surface area contributed by atoms with Crippen molar-refractivity contribution in [2.75, 3.05) is 84.5 Å². The Morgan fingerprint density at radius 2 is 1.48 bits per heavy atom. The van der Waals surface area contributed by atoms with Gasteiger partial charge in [0.2, 0.25) is 0 Å². The molecule has 4 aromatic carbocycles. The van der Waals surface area contributed by atoms with E-state index in [9.17, 15) is 9.59 Å². The number of piperidine rings is 1. The first-order valence-electron chi connectivity index (χ1n) is 24.8. The molecule has 8 rings (SSSR count). The molecule has 4 N–H and O–H groups in total. The minimum absolute atomic E-state index is 0.126. The van der Waals surface area contributed by atoms with E-state index in [4.69, 9.17) is 24.9 Å². The summed E-state index contributed by atoms with van der Waals surface area (Å²) in [6.07, 6.45) is 10.7. The Bertz CT molecular complexity index is 2780. The monoisotopic (exact) mass is 965 g/mol. The second kappa shape index (κ2) is 22.1. The highest BCUT2D eigenvalue weighted by atomic mass is 16.5. The average molecular weight is 965 g/mol. The number of ether oxygens (including phenoxy) is 3. The van der Waals surface area contributed by atoms with Crippen LogP contribution in [-0.4, -0.2) is 124 Å². The van der Waals surface area contributed by atoms with Crippen molar-refractivity contribution in [1.82, 2.24) is 30.2 Å². The maximum Gasteiger partial charge on any atom is 0.252 e. The molecule has 376 valence electrons. The summed E-state index contributed by atoms with van der Waals surface area (Å²) in [6, 6.07) is 20.6. The second-order valence-corrected chi connectivity index (χ2v) is 19.6. The van der Waals surface area contributed by atoms with Gasteiger partial charge in [-0.25, -0.2) is 0 Å². The van der Waals surface area contributed by atoms with E-state index in [1.807, 2.05) is 77.3 Å². The van der Waals surface area contributed by atoms with Gasteiger partial charge in [-0.3, -0.25) is 24.2 Å². The van der Waals surface area contributed by atoms with Crippen LogP contribution in [0.2, 0.25) is 0 Å². The summed E-state index contributed by atoms with van der Waals surface area (Å²) in [4.78, 5) is 43.1. The summed E-state index contributed by atoms with van der Waals surface area (Å²) in [6.45, 7) is 13.7. The number of nitrogens with zero attached hydrogens (tertiary/aromatic N) is 7. The molecule has 0 unspecified atom stereocenters. The fourth-order valence-corrected chi connectivity index (χ4v) is 10.3. The van der Waals surface area contributed by atoms with E-state index in [1.54, 1.807) is 38.4 Å². The fraction of sp³-hybridized carbons (Fsp3) is 0.429. The number of nitrogens with two attached hydrogens (primary N) is 1. The molecule has 3 saturated heterocycles. The van der Waals surface area contributed by atoms with Crippen molar-refractivity contribution in [1.29, 1.82) is 0 Å². The number of likely N-dealkylation sites (N-methyl/N-ethyl adjacent to an activating group) is 2. The Morgan fingerprint density at radius 1 is 0.803 bits per heavy atom. The lowest BCUT2D eigenvalue weighted by atomic mass is 9.91. The van der Waals surface area contributed by atoms with E-state index < -0.39 is 0 Å². The maximum absolute atomic E-state index is 14.5. The molecule has 2 amide bonds. The van der Waals surface area contributed by atoms with Gasteiger partial charge in [-0.1, -0.05) is 12.5 Å². The van der Waals surface area contributed by atoms with Gasteiger partial charge in [0.25, 0.3) is 11.8 Å². The number of benzene rings is 4. The number of aryl methyl sites for hydroxylation is 2. The lowest BCUT2D eigenvalue weighted by Gasteiger charge is -2.49. The Labute approximate surface area is 419 Å². The minimum atomic E-state index is -0.380. The first-order chi connectivity index (χ1) is 34.2. The van der Waals surface area contributed by atoms with Crippen molar-refractivity contribution >= 4 is 35.0 Å². The zero-order valence-electron chi connectivity index (χ0n) is 43.2. The highest BCUT2D eigenvalue weighted by Crippen LogP contribution is 2.41. The standard InChI is InChI=1S/C56H72N10O5/c1-35-14-15-45(66-33-46-12-11-13-47(34-66)64(46)7)26-50(35)55(67)60-37(3)39-20-41(23-49(22-39)69-8)43(28-57)30-58-29-42-21-48(65-18-16-62(5)17-19-65)27-51(36(42)2)56(68)61-38(4)40-24-52(44-31-59-63(6)32-44)54(71-10)53(25-40)70-9/h14-15,20-28,30-32,37-38,46-47H,11-13,16-19,29,33-34,57H2,1-10H3,(H,60,67)(H,61,68)/t37-,38-,46-,47+/m1/s1. The number of anilines is 2. The molecular weight excluding hydrogens is 893 g/mol. The van der Waals surface area contributed by atoms with Crippen molar-refractivity contribution in [3.8, 4) is 28.4 Å². The first kappa shape index (κ1) is 50.5. The minimum Gasteiger partial charge on any atom is -0.497 e. The zero-order chi connectivity index (χ0) is 50.5. The van der Waals surface area contributed by atoms with E-state index in [1.165, 1.54) is 25.5 Å². The van der Waals surface area contributed by atoms with Gasteiger partial charge in [-0.2, -0.15) is 5.10 Å². The van der Waals surface area contributed by atoms with Crippen LogP contribution in [-0.2, 0) is 13.6 Å². The van der Waals surface area contributed by atoms with E-state index in [0.717, 1.165) is 95.2 Å². The van der Waals surface area contributed by atoms with Crippen LogP contribution >= 0.6 is 0 Å². The van der Waals surface area contributed by atoms with Crippen LogP contribution in [0.4, 0.5) is 11.4 Å². The third-order valence-electron chi connectivity index (χ3n) is 14.9. The van der Waals surface area contributed by atoms with Crippen LogP contribution in [0.25, 0.3) is 16.7 Å². The number of amides is 2. The third kappa shape index (κ3) is 11.2. The second-order valence-electron chi connectivity index (χ2n) is 19.6. The SMILES string of the molecule is COc1cc(C(C=NCc2cc(N3CCN(C)CC3)cc(C(=O)N[C@H](C)c3cc(OC)c(OC)c(-c4cnn(C)c4)c3)c2C)=CN)cc([C@@H](C)NC(=O)c2cc(N3C[C@H]4CCC[C@@H](C3)N4C)ccc2C)c1. The number of aliphatic imine (C=N–C) groups is 1. The average Bonchev–Trinajstić information content (AvgIpc) is 3.81. The number of rotatable bonds is 16. The van der Waals surface area contributed by atoms with Crippen molar-refractivity contribution in [2.24, 2.45) is 17.8 Å². The molecule has 4 atom stereocenters. The van der Waals surface area contributed by atoms with E-state index in [2.05, 4.69) is 73.7 Å². The Hall–Kier alpha value is -6.84. The number of hydrogen-bond donors (Lipinski definition) is 3. The van der Waals surface area contributed by atoms with Gasteiger partial charge >= 0.3 is 0 Å². The molecule has 0 radical (unpaired) electrons. The molecule has 0 aliphatic carbocycles. The Kier molecular flexibility index (Phi) is 15.7. The van der Waals surface area contributed by atoms with Crippen molar-refractivity contribution in [3.63, 3.8) is 0 Å². The summed E-state index contributed by atoms with van der Waals surface area (Å²) in [7, 11) is 11.1. The number of piperazine rings is 2. The lowest BCUT2D eigenvalue weighted by molar-refractivity contribution is 0.0929. The van der Waals surface area contributed by atoms with Gasteiger partial charge < -0.3 is 45.3 Å². The molecule has 3 aliphatic heterocycles. The van der Waals surface area contributed by atoms with E-state index in [-0.39, 0.29) is 23.9 Å².